The van der Waals surface area contributed by atoms with Gasteiger partial charge in [-0.15, -0.1) is 0 Å². The van der Waals surface area contributed by atoms with E-state index >= 15 is 0 Å². The van der Waals surface area contributed by atoms with E-state index in [4.69, 9.17) is 14.2 Å². The molecular formula is C74H126O6. The molecule has 0 amide bonds. The molecule has 458 valence electrons. The summed E-state index contributed by atoms with van der Waals surface area (Å²) < 4.78 is 16.9. The molecule has 0 spiro atoms. The van der Waals surface area contributed by atoms with Gasteiger partial charge in [-0.2, -0.15) is 0 Å². The topological polar surface area (TPSA) is 78.9 Å². The number of rotatable bonds is 61. The first-order chi connectivity index (χ1) is 39.5. The van der Waals surface area contributed by atoms with Crippen molar-refractivity contribution in [2.24, 2.45) is 0 Å². The molecule has 0 N–H and O–H groups in total. The molecule has 6 nitrogen and oxygen atoms in total. The normalized spacial score (nSPS) is 12.8. The fourth-order valence-corrected chi connectivity index (χ4v) is 9.52. The minimum atomic E-state index is -0.785. The molecule has 0 aliphatic rings. The van der Waals surface area contributed by atoms with Gasteiger partial charge >= 0.3 is 17.9 Å². The van der Waals surface area contributed by atoms with Crippen molar-refractivity contribution in [2.75, 3.05) is 13.2 Å². The number of carbonyl (C=O) groups is 3. The molecule has 1 unspecified atom stereocenters. The molecule has 1 atom stereocenters. The molecule has 6 heteroatoms. The van der Waals surface area contributed by atoms with Gasteiger partial charge in [0, 0.05) is 19.3 Å². The van der Waals surface area contributed by atoms with Crippen molar-refractivity contribution in [3.05, 3.63) is 109 Å². The lowest BCUT2D eigenvalue weighted by molar-refractivity contribution is -0.167. The van der Waals surface area contributed by atoms with Crippen molar-refractivity contribution in [1.29, 1.82) is 0 Å². The zero-order valence-electron chi connectivity index (χ0n) is 52.6. The lowest BCUT2D eigenvalue weighted by atomic mass is 10.0. The highest BCUT2D eigenvalue weighted by Gasteiger charge is 2.19. The Kier molecular flexibility index (Phi) is 64.3. The average molecular weight is 1110 g/mol. The van der Waals surface area contributed by atoms with Crippen LogP contribution in [0.25, 0.3) is 0 Å². The Morgan fingerprint density at radius 3 is 0.762 bits per heavy atom. The molecule has 0 aromatic heterocycles. The monoisotopic (exact) mass is 1110 g/mol. The summed E-state index contributed by atoms with van der Waals surface area (Å²) in [5.41, 5.74) is 0. The first kappa shape index (κ1) is 76.1. The molecule has 0 aliphatic heterocycles. The molecule has 0 saturated carbocycles. The van der Waals surface area contributed by atoms with E-state index in [0.29, 0.717) is 19.3 Å². The molecule has 0 aliphatic carbocycles. The average Bonchev–Trinajstić information content (AvgIpc) is 3.46. The van der Waals surface area contributed by atoms with Gasteiger partial charge in [-0.05, 0) is 103 Å². The Bertz CT molecular complexity index is 1610. The first-order valence-corrected chi connectivity index (χ1v) is 33.9. The summed E-state index contributed by atoms with van der Waals surface area (Å²) in [6.07, 6.45) is 92.5. The summed E-state index contributed by atoms with van der Waals surface area (Å²) in [6, 6.07) is 0. The quantitative estimate of drug-likeness (QED) is 0.0261. The fourth-order valence-electron chi connectivity index (χ4n) is 9.52. The molecule has 0 aromatic carbocycles. The Balaban J connectivity index is 4.23. The third-order valence-corrected chi connectivity index (χ3v) is 14.5. The number of hydrogen-bond acceptors (Lipinski definition) is 6. The van der Waals surface area contributed by atoms with Gasteiger partial charge in [0.25, 0.3) is 0 Å². The lowest BCUT2D eigenvalue weighted by Gasteiger charge is -2.18. The fraction of sp³-hybridized carbons (Fsp3) is 0.716. The van der Waals surface area contributed by atoms with Crippen LogP contribution in [-0.2, 0) is 28.6 Å². The number of unbranched alkanes of at least 4 members (excludes halogenated alkanes) is 32. The van der Waals surface area contributed by atoms with Gasteiger partial charge < -0.3 is 14.2 Å². The van der Waals surface area contributed by atoms with Gasteiger partial charge in [0.1, 0.15) is 13.2 Å². The van der Waals surface area contributed by atoms with Crippen LogP contribution in [0.3, 0.4) is 0 Å². The van der Waals surface area contributed by atoms with Crippen LogP contribution in [0.1, 0.15) is 323 Å². The second-order valence-electron chi connectivity index (χ2n) is 22.3. The van der Waals surface area contributed by atoms with Gasteiger partial charge in [0.15, 0.2) is 6.10 Å². The summed E-state index contributed by atoms with van der Waals surface area (Å²) >= 11 is 0. The van der Waals surface area contributed by atoms with Crippen molar-refractivity contribution >= 4 is 17.9 Å². The predicted molar refractivity (Wildman–Crippen MR) is 348 cm³/mol. The predicted octanol–water partition coefficient (Wildman–Crippen LogP) is 23.4. The summed E-state index contributed by atoms with van der Waals surface area (Å²) in [4.78, 5) is 38.3. The maximum Gasteiger partial charge on any atom is 0.306 e. The highest BCUT2D eigenvalue weighted by molar-refractivity contribution is 5.71. The van der Waals surface area contributed by atoms with Crippen LogP contribution in [0.4, 0.5) is 0 Å². The van der Waals surface area contributed by atoms with E-state index < -0.39 is 6.10 Å². The van der Waals surface area contributed by atoms with Crippen LogP contribution < -0.4 is 0 Å². The SMILES string of the molecule is CC/C=C\C/C=C\C/C=C\C/C=C\C/C=C\CCCCCCCCCCCCCCCCCC(=O)OCC(COC(=O)CCCCCCCCCCCCCC)OC(=O)CCCCCCCC/C=C\C/C=C\C/C=C\C/C=C\CC. The number of ether oxygens (including phenoxy) is 3. The van der Waals surface area contributed by atoms with Crippen LogP contribution in [0.2, 0.25) is 0 Å². The maximum absolute atomic E-state index is 12.9. The number of allylic oxidation sites excluding steroid dienone is 18. The van der Waals surface area contributed by atoms with Gasteiger partial charge in [-0.3, -0.25) is 14.4 Å². The van der Waals surface area contributed by atoms with E-state index in [1.54, 1.807) is 0 Å². The standard InChI is InChI=1S/C74H126O6/c1-4-7-10-13-16-19-22-25-27-29-31-32-33-34-35-36-37-38-39-40-41-42-44-45-47-49-52-55-58-61-64-67-73(76)79-70-71(69-78-72(75)66-63-60-57-54-51-24-21-18-15-12-9-6-3)80-74(77)68-65-62-59-56-53-50-48-46-43-30-28-26-23-20-17-14-11-8-5-2/h7-8,10-11,16-17,19-20,25-28,31-32,34-35,43,46,71H,4-6,9,12-15,18,21-24,29-30,33,36-42,44-45,47-70H2,1-3H3/b10-7-,11-8-,19-16-,20-17-,27-25-,28-26-,32-31-,35-34-,46-43-. The third kappa shape index (κ3) is 64.9. The van der Waals surface area contributed by atoms with Crippen molar-refractivity contribution in [2.45, 2.75) is 329 Å². The van der Waals surface area contributed by atoms with E-state index in [-0.39, 0.29) is 31.1 Å². The molecule has 0 fully saturated rings. The zero-order valence-corrected chi connectivity index (χ0v) is 52.6. The zero-order chi connectivity index (χ0) is 57.8. The molecule has 80 heavy (non-hydrogen) atoms. The van der Waals surface area contributed by atoms with Crippen molar-refractivity contribution in [1.82, 2.24) is 0 Å². The van der Waals surface area contributed by atoms with Crippen molar-refractivity contribution in [3.63, 3.8) is 0 Å². The smallest absolute Gasteiger partial charge is 0.306 e. The molecule has 0 aromatic rings. The maximum atomic E-state index is 12.9. The van der Waals surface area contributed by atoms with E-state index in [0.717, 1.165) is 128 Å². The molecule has 0 rings (SSSR count). The summed E-state index contributed by atoms with van der Waals surface area (Å²) in [6.45, 7) is 6.43. The second-order valence-corrected chi connectivity index (χ2v) is 22.3. The summed E-state index contributed by atoms with van der Waals surface area (Å²) in [7, 11) is 0. The largest absolute Gasteiger partial charge is 0.462 e. The van der Waals surface area contributed by atoms with Crippen LogP contribution in [0.5, 0.6) is 0 Å². The van der Waals surface area contributed by atoms with Crippen LogP contribution in [0.15, 0.2) is 109 Å². The number of hydrogen-bond donors (Lipinski definition) is 0. The van der Waals surface area contributed by atoms with Crippen LogP contribution >= 0.6 is 0 Å². The van der Waals surface area contributed by atoms with Gasteiger partial charge in [-0.1, -0.05) is 310 Å². The highest BCUT2D eigenvalue weighted by atomic mass is 16.6. The lowest BCUT2D eigenvalue weighted by Crippen LogP contribution is -2.30. The number of esters is 3. The Morgan fingerprint density at radius 1 is 0.263 bits per heavy atom. The second kappa shape index (κ2) is 67.6. The van der Waals surface area contributed by atoms with E-state index in [9.17, 15) is 14.4 Å². The van der Waals surface area contributed by atoms with Crippen molar-refractivity contribution in [3.8, 4) is 0 Å². The molecule has 0 saturated heterocycles. The minimum absolute atomic E-state index is 0.0805. The highest BCUT2D eigenvalue weighted by Crippen LogP contribution is 2.17. The van der Waals surface area contributed by atoms with E-state index in [2.05, 4.69) is 130 Å². The van der Waals surface area contributed by atoms with E-state index in [1.807, 2.05) is 0 Å². The van der Waals surface area contributed by atoms with Gasteiger partial charge in [-0.25, -0.2) is 0 Å². The molecular weight excluding hydrogens is 985 g/mol. The van der Waals surface area contributed by atoms with Crippen LogP contribution in [-0.4, -0.2) is 37.2 Å². The van der Waals surface area contributed by atoms with Gasteiger partial charge in [0.2, 0.25) is 0 Å². The number of carbonyl (C=O) groups excluding carboxylic acids is 3. The summed E-state index contributed by atoms with van der Waals surface area (Å²) in [5, 5.41) is 0. The Hall–Kier alpha value is -3.93. The van der Waals surface area contributed by atoms with Crippen molar-refractivity contribution < 1.29 is 28.6 Å². The first-order valence-electron chi connectivity index (χ1n) is 33.9. The molecule has 0 radical (unpaired) electrons. The Labute approximate surface area is 495 Å². The Morgan fingerprint density at radius 2 is 0.487 bits per heavy atom. The van der Waals surface area contributed by atoms with Gasteiger partial charge in [0.05, 0.1) is 0 Å². The third-order valence-electron chi connectivity index (χ3n) is 14.5. The van der Waals surface area contributed by atoms with Crippen LogP contribution in [0, 0.1) is 0 Å². The van der Waals surface area contributed by atoms with E-state index in [1.165, 1.54) is 154 Å². The summed E-state index contributed by atoms with van der Waals surface area (Å²) in [5.74, 6) is -0.883. The minimum Gasteiger partial charge on any atom is -0.462 e. The molecule has 0 heterocycles. The molecule has 0 bridgehead atoms.